The van der Waals surface area contributed by atoms with E-state index in [0.717, 1.165) is 22.0 Å². The molecule has 0 aliphatic carbocycles. The summed E-state index contributed by atoms with van der Waals surface area (Å²) in [6, 6.07) is 12.2. The van der Waals surface area contributed by atoms with Crippen molar-refractivity contribution < 1.29 is 0 Å². The van der Waals surface area contributed by atoms with Crippen molar-refractivity contribution in [3.63, 3.8) is 0 Å². The Hall–Kier alpha value is -0.990. The lowest BCUT2D eigenvalue weighted by Crippen LogP contribution is -1.94. The molecule has 1 aromatic carbocycles. The highest BCUT2D eigenvalue weighted by molar-refractivity contribution is 7.98. The van der Waals surface area contributed by atoms with E-state index in [-0.39, 0.29) is 0 Å². The molecule has 0 radical (unpaired) electrons. The minimum absolute atomic E-state index is 0.424. The van der Waals surface area contributed by atoms with Gasteiger partial charge in [-0.3, -0.25) is 4.98 Å². The van der Waals surface area contributed by atoms with Gasteiger partial charge >= 0.3 is 0 Å². The summed E-state index contributed by atoms with van der Waals surface area (Å²) in [5, 5.41) is 0.751. The second-order valence-electron chi connectivity index (χ2n) is 4.45. The highest BCUT2D eigenvalue weighted by atomic mass is 35.5. The van der Waals surface area contributed by atoms with Gasteiger partial charge < -0.3 is 0 Å². The number of nitrogens with zero attached hydrogens (tertiary/aromatic N) is 1. The van der Waals surface area contributed by atoms with Crippen LogP contribution in [0.4, 0.5) is 0 Å². The molecule has 0 saturated heterocycles. The number of pyridine rings is 1. The Kier molecular flexibility index (Phi) is 4.31. The SMILES string of the molecule is CSc1ccc(Cl)c(-c2cccc(C(C)C)n2)c1. The van der Waals surface area contributed by atoms with Crippen molar-refractivity contribution in [2.75, 3.05) is 6.26 Å². The number of rotatable bonds is 3. The van der Waals surface area contributed by atoms with Crippen LogP contribution < -0.4 is 0 Å². The molecule has 0 aliphatic rings. The minimum Gasteiger partial charge on any atom is -0.253 e. The van der Waals surface area contributed by atoms with Gasteiger partial charge in [-0.2, -0.15) is 0 Å². The van der Waals surface area contributed by atoms with E-state index in [9.17, 15) is 0 Å². The molecular weight excluding hydrogens is 262 g/mol. The molecule has 0 N–H and O–H groups in total. The van der Waals surface area contributed by atoms with E-state index in [4.69, 9.17) is 11.6 Å². The van der Waals surface area contributed by atoms with Crippen LogP contribution in [-0.4, -0.2) is 11.2 Å². The van der Waals surface area contributed by atoms with Crippen molar-refractivity contribution in [2.24, 2.45) is 0 Å². The summed E-state index contributed by atoms with van der Waals surface area (Å²) >= 11 is 7.98. The number of hydrogen-bond donors (Lipinski definition) is 0. The monoisotopic (exact) mass is 277 g/mol. The van der Waals surface area contributed by atoms with E-state index in [2.05, 4.69) is 37.2 Å². The van der Waals surface area contributed by atoms with Gasteiger partial charge in [0.2, 0.25) is 0 Å². The summed E-state index contributed by atoms with van der Waals surface area (Å²) in [6.07, 6.45) is 2.06. The Bertz CT molecular complexity index is 552. The third-order valence-electron chi connectivity index (χ3n) is 2.81. The van der Waals surface area contributed by atoms with Gasteiger partial charge in [0.25, 0.3) is 0 Å². The molecular formula is C15H16ClNS. The Morgan fingerprint density at radius 3 is 2.61 bits per heavy atom. The average Bonchev–Trinajstić information content (AvgIpc) is 2.39. The summed E-state index contributed by atoms with van der Waals surface area (Å²) < 4.78 is 0. The molecule has 94 valence electrons. The highest BCUT2D eigenvalue weighted by Gasteiger charge is 2.08. The van der Waals surface area contributed by atoms with Crippen LogP contribution in [-0.2, 0) is 0 Å². The second kappa shape index (κ2) is 5.77. The first-order valence-electron chi connectivity index (χ1n) is 5.92. The van der Waals surface area contributed by atoms with Crippen molar-refractivity contribution in [2.45, 2.75) is 24.7 Å². The Morgan fingerprint density at radius 1 is 1.17 bits per heavy atom. The topological polar surface area (TPSA) is 12.9 Å². The van der Waals surface area contributed by atoms with Gasteiger partial charge in [0, 0.05) is 16.2 Å². The maximum atomic E-state index is 6.27. The van der Waals surface area contributed by atoms with Gasteiger partial charge in [-0.1, -0.05) is 31.5 Å². The van der Waals surface area contributed by atoms with Gasteiger partial charge in [0.1, 0.15) is 0 Å². The summed E-state index contributed by atoms with van der Waals surface area (Å²) in [7, 11) is 0. The number of benzene rings is 1. The Morgan fingerprint density at radius 2 is 1.94 bits per heavy atom. The van der Waals surface area contributed by atoms with Gasteiger partial charge in [-0.15, -0.1) is 11.8 Å². The summed E-state index contributed by atoms with van der Waals surface area (Å²) in [6.45, 7) is 4.29. The molecule has 0 fully saturated rings. The van der Waals surface area contributed by atoms with Crippen molar-refractivity contribution in [1.82, 2.24) is 4.98 Å². The van der Waals surface area contributed by atoms with E-state index in [1.807, 2.05) is 24.3 Å². The first-order chi connectivity index (χ1) is 8.61. The maximum Gasteiger partial charge on any atom is 0.0720 e. The van der Waals surface area contributed by atoms with Crippen LogP contribution in [0, 0.1) is 0 Å². The molecule has 2 aromatic rings. The predicted molar refractivity (Wildman–Crippen MR) is 80.6 cm³/mol. The molecule has 18 heavy (non-hydrogen) atoms. The number of hydrogen-bond acceptors (Lipinski definition) is 2. The molecule has 0 saturated carbocycles. The normalized spacial score (nSPS) is 10.9. The van der Waals surface area contributed by atoms with E-state index in [1.165, 1.54) is 4.90 Å². The Labute approximate surface area is 118 Å². The quantitative estimate of drug-likeness (QED) is 0.711. The fourth-order valence-electron chi connectivity index (χ4n) is 1.75. The zero-order valence-corrected chi connectivity index (χ0v) is 12.3. The van der Waals surface area contributed by atoms with Crippen LogP contribution in [0.3, 0.4) is 0 Å². The highest BCUT2D eigenvalue weighted by Crippen LogP contribution is 2.31. The molecule has 3 heteroatoms. The van der Waals surface area contributed by atoms with Crippen LogP contribution in [0.15, 0.2) is 41.3 Å². The van der Waals surface area contributed by atoms with E-state index < -0.39 is 0 Å². The molecule has 0 aliphatic heterocycles. The summed E-state index contributed by atoms with van der Waals surface area (Å²) in [5.41, 5.74) is 3.05. The van der Waals surface area contributed by atoms with Gasteiger partial charge in [0.05, 0.1) is 10.7 Å². The predicted octanol–water partition coefficient (Wildman–Crippen LogP) is 5.25. The fourth-order valence-corrected chi connectivity index (χ4v) is 2.40. The fraction of sp³-hybridized carbons (Fsp3) is 0.267. The van der Waals surface area contributed by atoms with Crippen LogP contribution in [0.1, 0.15) is 25.5 Å². The zero-order valence-electron chi connectivity index (χ0n) is 10.8. The molecule has 1 aromatic heterocycles. The van der Waals surface area contributed by atoms with Crippen LogP contribution >= 0.6 is 23.4 Å². The third-order valence-corrected chi connectivity index (χ3v) is 3.87. The average molecular weight is 278 g/mol. The maximum absolute atomic E-state index is 6.27. The molecule has 0 spiro atoms. The number of halogens is 1. The summed E-state index contributed by atoms with van der Waals surface area (Å²) in [4.78, 5) is 5.89. The molecule has 0 unspecified atom stereocenters. The second-order valence-corrected chi connectivity index (χ2v) is 5.74. The van der Waals surface area contributed by atoms with Crippen molar-refractivity contribution in [3.05, 3.63) is 47.1 Å². The molecule has 1 heterocycles. The first kappa shape index (κ1) is 13.4. The lowest BCUT2D eigenvalue weighted by molar-refractivity contribution is 0.824. The third kappa shape index (κ3) is 2.88. The van der Waals surface area contributed by atoms with Crippen LogP contribution in [0.25, 0.3) is 11.3 Å². The first-order valence-corrected chi connectivity index (χ1v) is 7.53. The standard InChI is InChI=1S/C15H16ClNS/c1-10(2)14-5-4-6-15(17-14)12-9-11(18-3)7-8-13(12)16/h4-10H,1-3H3. The Balaban J connectivity index is 2.50. The van der Waals surface area contributed by atoms with Gasteiger partial charge in [-0.05, 0) is 42.5 Å². The smallest absolute Gasteiger partial charge is 0.0720 e. The van der Waals surface area contributed by atoms with E-state index in [1.54, 1.807) is 11.8 Å². The summed E-state index contributed by atoms with van der Waals surface area (Å²) in [5.74, 6) is 0.424. The molecule has 0 amide bonds. The zero-order chi connectivity index (χ0) is 13.1. The molecule has 1 nitrogen and oxygen atoms in total. The van der Waals surface area contributed by atoms with Crippen molar-refractivity contribution >= 4 is 23.4 Å². The van der Waals surface area contributed by atoms with Crippen molar-refractivity contribution in [1.29, 1.82) is 0 Å². The molecule has 2 rings (SSSR count). The van der Waals surface area contributed by atoms with E-state index in [0.29, 0.717) is 5.92 Å². The van der Waals surface area contributed by atoms with Crippen LogP contribution in [0.5, 0.6) is 0 Å². The largest absolute Gasteiger partial charge is 0.253 e. The molecule has 0 atom stereocenters. The number of aromatic nitrogens is 1. The number of thioether (sulfide) groups is 1. The van der Waals surface area contributed by atoms with E-state index >= 15 is 0 Å². The van der Waals surface area contributed by atoms with Gasteiger partial charge in [-0.25, -0.2) is 0 Å². The minimum atomic E-state index is 0.424. The lowest BCUT2D eigenvalue weighted by Gasteiger charge is -2.09. The lowest BCUT2D eigenvalue weighted by atomic mass is 10.1. The van der Waals surface area contributed by atoms with Gasteiger partial charge in [0.15, 0.2) is 0 Å². The van der Waals surface area contributed by atoms with Crippen molar-refractivity contribution in [3.8, 4) is 11.3 Å². The molecule has 0 bridgehead atoms. The van der Waals surface area contributed by atoms with Crippen LogP contribution in [0.2, 0.25) is 5.02 Å².